The number of carbonyl (C=O) groups is 1. The van der Waals surface area contributed by atoms with Gasteiger partial charge in [0, 0.05) is 10.9 Å². The predicted molar refractivity (Wildman–Crippen MR) is 128 cm³/mol. The molecule has 7 heteroatoms. The van der Waals surface area contributed by atoms with Gasteiger partial charge >= 0.3 is 0 Å². The predicted octanol–water partition coefficient (Wildman–Crippen LogP) is 5.20. The maximum atomic E-state index is 13.0. The van der Waals surface area contributed by atoms with Gasteiger partial charge in [-0.05, 0) is 55.2 Å². The highest BCUT2D eigenvalue weighted by molar-refractivity contribution is 6.04. The summed E-state index contributed by atoms with van der Waals surface area (Å²) < 4.78 is 7.23. The number of pyridine rings is 1. The summed E-state index contributed by atoms with van der Waals surface area (Å²) in [6.45, 7) is 8.68. The largest absolute Gasteiger partial charge is 0.493 e. The van der Waals surface area contributed by atoms with Gasteiger partial charge in [-0.3, -0.25) is 4.79 Å². The molecule has 0 aliphatic carbocycles. The van der Waals surface area contributed by atoms with E-state index in [2.05, 4.69) is 30.3 Å². The van der Waals surface area contributed by atoms with E-state index in [0.717, 1.165) is 22.0 Å². The number of amides is 1. The minimum Gasteiger partial charge on any atom is -0.493 e. The number of nitrogens with one attached hydrogen (secondary N) is 1. The first-order chi connectivity index (χ1) is 15.9. The Morgan fingerprint density at radius 2 is 1.94 bits per heavy atom. The lowest BCUT2D eigenvalue weighted by Gasteiger charge is -2.13. The third-order valence-electron chi connectivity index (χ3n) is 5.25. The molecule has 0 unspecified atom stereocenters. The zero-order chi connectivity index (χ0) is 23.5. The van der Waals surface area contributed by atoms with Crippen LogP contribution < -0.4 is 10.1 Å². The van der Waals surface area contributed by atoms with Crippen molar-refractivity contribution in [1.29, 1.82) is 5.26 Å². The Morgan fingerprint density at radius 1 is 1.15 bits per heavy atom. The molecule has 0 aliphatic rings. The molecular weight excluding hydrogens is 414 g/mol. The number of nitriles is 1. The highest BCUT2D eigenvalue weighted by atomic mass is 16.5. The fraction of sp³-hybridized carbons (Fsp3) is 0.231. The molecule has 166 valence electrons. The first-order valence-electron chi connectivity index (χ1n) is 10.8. The number of ether oxygens (including phenoxy) is 1. The van der Waals surface area contributed by atoms with Gasteiger partial charge in [0.1, 0.15) is 17.4 Å². The topological polar surface area (TPSA) is 92.8 Å². The van der Waals surface area contributed by atoms with Crippen LogP contribution in [-0.2, 0) is 0 Å². The fourth-order valence-electron chi connectivity index (χ4n) is 3.55. The number of hydrogen-bond acceptors (Lipinski definition) is 5. The number of aromatic nitrogens is 3. The summed E-state index contributed by atoms with van der Waals surface area (Å²) in [5.41, 5.74) is 3.59. The summed E-state index contributed by atoms with van der Waals surface area (Å²) in [5, 5.41) is 17.8. The number of anilines is 1. The molecule has 0 radical (unpaired) electrons. The van der Waals surface area contributed by atoms with Crippen LogP contribution in [0.3, 0.4) is 0 Å². The highest BCUT2D eigenvalue weighted by Gasteiger charge is 2.18. The number of para-hydroxylation sites is 1. The van der Waals surface area contributed by atoms with Crippen LogP contribution in [0.25, 0.3) is 16.7 Å². The second-order valence-electron chi connectivity index (χ2n) is 8.39. The molecule has 2 aromatic carbocycles. The number of rotatable bonds is 6. The molecule has 0 spiro atoms. The molecular formula is C26H25N5O2. The number of nitrogens with zero attached hydrogens (tertiary/aromatic N) is 4. The molecule has 0 saturated heterocycles. The molecule has 4 rings (SSSR count). The number of benzene rings is 2. The molecule has 0 bridgehead atoms. The van der Waals surface area contributed by atoms with Gasteiger partial charge in [-0.1, -0.05) is 38.1 Å². The maximum Gasteiger partial charge on any atom is 0.256 e. The molecule has 1 N–H and O–H groups in total. The van der Waals surface area contributed by atoms with E-state index in [-0.39, 0.29) is 17.3 Å². The molecule has 2 heterocycles. The average Bonchev–Trinajstić information content (AvgIpc) is 3.21. The second-order valence-corrected chi connectivity index (χ2v) is 8.39. The van der Waals surface area contributed by atoms with Crippen LogP contribution in [0.15, 0.2) is 54.7 Å². The van der Waals surface area contributed by atoms with Crippen LogP contribution >= 0.6 is 0 Å². The zero-order valence-electron chi connectivity index (χ0n) is 19.1. The van der Waals surface area contributed by atoms with Gasteiger partial charge in [-0.25, -0.2) is 4.98 Å². The highest BCUT2D eigenvalue weighted by Crippen LogP contribution is 2.26. The van der Waals surface area contributed by atoms with Gasteiger partial charge in [0.2, 0.25) is 0 Å². The van der Waals surface area contributed by atoms with E-state index in [4.69, 9.17) is 9.72 Å². The van der Waals surface area contributed by atoms with E-state index in [1.54, 1.807) is 18.2 Å². The summed E-state index contributed by atoms with van der Waals surface area (Å²) in [6, 6.07) is 17.0. The van der Waals surface area contributed by atoms with E-state index >= 15 is 0 Å². The lowest BCUT2D eigenvalue weighted by molar-refractivity contribution is 0.102. The van der Waals surface area contributed by atoms with Crippen molar-refractivity contribution in [2.24, 2.45) is 5.92 Å². The van der Waals surface area contributed by atoms with Gasteiger partial charge in [0.25, 0.3) is 5.91 Å². The minimum absolute atomic E-state index is 0.250. The summed E-state index contributed by atoms with van der Waals surface area (Å²) in [4.78, 5) is 17.8. The number of aryl methyl sites for hydroxylation is 2. The van der Waals surface area contributed by atoms with Crippen molar-refractivity contribution in [3.8, 4) is 17.6 Å². The lowest BCUT2D eigenvalue weighted by atomic mass is 10.1. The molecule has 0 saturated carbocycles. The summed E-state index contributed by atoms with van der Waals surface area (Å²) in [5.74, 6) is 1.43. The van der Waals surface area contributed by atoms with Crippen LogP contribution in [0.4, 0.5) is 5.82 Å². The second kappa shape index (κ2) is 9.13. The number of hydrogen-bond donors (Lipinski definition) is 1. The molecule has 2 aromatic heterocycles. The third kappa shape index (κ3) is 4.55. The maximum absolute atomic E-state index is 13.0. The monoisotopic (exact) mass is 439 g/mol. The van der Waals surface area contributed by atoms with E-state index in [9.17, 15) is 10.1 Å². The van der Waals surface area contributed by atoms with Crippen molar-refractivity contribution >= 4 is 22.6 Å². The number of carbonyl (C=O) groups excluding carboxylic acids is 1. The van der Waals surface area contributed by atoms with Crippen LogP contribution in [-0.4, -0.2) is 27.3 Å². The Kier molecular flexibility index (Phi) is 6.09. The lowest BCUT2D eigenvalue weighted by Crippen LogP contribution is -2.17. The van der Waals surface area contributed by atoms with E-state index in [0.29, 0.717) is 29.7 Å². The zero-order valence-corrected chi connectivity index (χ0v) is 19.1. The Labute approximate surface area is 192 Å². The van der Waals surface area contributed by atoms with Crippen molar-refractivity contribution in [2.75, 3.05) is 11.9 Å². The van der Waals surface area contributed by atoms with Crippen molar-refractivity contribution in [2.45, 2.75) is 27.7 Å². The summed E-state index contributed by atoms with van der Waals surface area (Å²) >= 11 is 0. The molecule has 33 heavy (non-hydrogen) atoms. The van der Waals surface area contributed by atoms with E-state index < -0.39 is 0 Å². The third-order valence-corrected chi connectivity index (χ3v) is 5.25. The van der Waals surface area contributed by atoms with Crippen molar-refractivity contribution in [3.63, 3.8) is 0 Å². The van der Waals surface area contributed by atoms with Crippen molar-refractivity contribution < 1.29 is 9.53 Å². The van der Waals surface area contributed by atoms with Crippen molar-refractivity contribution in [1.82, 2.24) is 14.8 Å². The molecule has 7 nitrogen and oxygen atoms in total. The van der Waals surface area contributed by atoms with Gasteiger partial charge in [-0.2, -0.15) is 15.0 Å². The molecule has 4 aromatic rings. The normalized spacial score (nSPS) is 10.9. The Bertz CT molecular complexity index is 1380. The summed E-state index contributed by atoms with van der Waals surface area (Å²) in [6.07, 6.45) is 1.43. The van der Waals surface area contributed by atoms with Gasteiger partial charge in [-0.15, -0.1) is 0 Å². The molecule has 0 atom stereocenters. The summed E-state index contributed by atoms with van der Waals surface area (Å²) in [7, 11) is 0. The Hall–Kier alpha value is -4.18. The van der Waals surface area contributed by atoms with Gasteiger partial charge in [0.05, 0.1) is 18.3 Å². The van der Waals surface area contributed by atoms with Crippen molar-refractivity contribution in [3.05, 3.63) is 77.0 Å². The first kappa shape index (κ1) is 22.0. The first-order valence-corrected chi connectivity index (χ1v) is 10.8. The molecule has 0 aliphatic heterocycles. The molecule has 1 amide bonds. The quantitative estimate of drug-likeness (QED) is 0.446. The minimum atomic E-state index is -0.364. The van der Waals surface area contributed by atoms with Crippen LogP contribution in [0, 0.1) is 31.1 Å². The standard InChI is InChI=1S/C26H25N5O2/c1-16(2)15-33-21-9-6-8-19(12-21)26(32)30-25-20(13-27)14-28-31(25)23-11-18(4)22-10-5-7-17(3)24(22)29-23/h5-12,14,16H,15H2,1-4H3,(H,30,32). The van der Waals surface area contributed by atoms with E-state index in [1.807, 2.05) is 44.2 Å². The van der Waals surface area contributed by atoms with Crippen LogP contribution in [0.5, 0.6) is 5.75 Å². The van der Waals surface area contributed by atoms with Gasteiger partial charge in [0.15, 0.2) is 11.6 Å². The SMILES string of the molecule is Cc1cc(-n2ncc(C#N)c2NC(=O)c2cccc(OCC(C)C)c2)nc2c(C)cccc12. The Balaban J connectivity index is 1.70. The average molecular weight is 440 g/mol. The smallest absolute Gasteiger partial charge is 0.256 e. The van der Waals surface area contributed by atoms with E-state index in [1.165, 1.54) is 10.9 Å². The van der Waals surface area contributed by atoms with Crippen LogP contribution in [0.1, 0.15) is 40.9 Å². The molecule has 0 fully saturated rings. The van der Waals surface area contributed by atoms with Gasteiger partial charge < -0.3 is 10.1 Å². The fourth-order valence-corrected chi connectivity index (χ4v) is 3.55. The Morgan fingerprint density at radius 3 is 2.70 bits per heavy atom. The number of fused-ring (bicyclic) bond motifs is 1. The van der Waals surface area contributed by atoms with Crippen LogP contribution in [0.2, 0.25) is 0 Å².